The summed E-state index contributed by atoms with van der Waals surface area (Å²) in [6, 6.07) is 9.54. The fraction of sp³-hybridized carbons (Fsp3) is 0.167. The molecule has 2 aromatic carbocycles. The summed E-state index contributed by atoms with van der Waals surface area (Å²) in [5.41, 5.74) is 1.37. The molecule has 6 heteroatoms. The molecule has 126 valence electrons. The van der Waals surface area contributed by atoms with Crippen LogP contribution in [0, 0.1) is 5.82 Å². The summed E-state index contributed by atoms with van der Waals surface area (Å²) < 4.78 is 29.2. The molecule has 0 saturated carbocycles. The molecule has 0 saturated heterocycles. The average Bonchev–Trinajstić information content (AvgIpc) is 2.58. The smallest absolute Gasteiger partial charge is 0.331 e. The Bertz CT molecular complexity index is 759. The topological polar surface area (TPSA) is 44.8 Å². The van der Waals surface area contributed by atoms with Gasteiger partial charge in [-0.2, -0.15) is 0 Å². The number of carbonyl (C=O) groups excluding carboxylic acids is 1. The van der Waals surface area contributed by atoms with Crippen LogP contribution in [0.5, 0.6) is 11.5 Å². The number of ether oxygens (including phenoxy) is 3. The van der Waals surface area contributed by atoms with Crippen LogP contribution in [0.2, 0.25) is 0 Å². The molecule has 24 heavy (non-hydrogen) atoms. The minimum absolute atomic E-state index is 0.0410. The SMILES string of the molecule is COc1cccc(/C=C/C(=O)OCc2ccc(F)cc2Br)c1OC. The van der Waals surface area contributed by atoms with Crippen molar-refractivity contribution in [3.05, 3.63) is 63.9 Å². The standard InChI is InChI=1S/C18H16BrFO4/c1-22-16-5-3-4-12(18(16)23-2)7-9-17(21)24-11-13-6-8-14(20)10-15(13)19/h3-10H,11H2,1-2H3/b9-7+. The number of benzene rings is 2. The Morgan fingerprint density at radius 1 is 1.21 bits per heavy atom. The third kappa shape index (κ3) is 4.58. The minimum atomic E-state index is -0.518. The lowest BCUT2D eigenvalue weighted by atomic mass is 10.1. The maximum atomic E-state index is 13.0. The first-order chi connectivity index (χ1) is 11.5. The van der Waals surface area contributed by atoms with Gasteiger partial charge in [0.2, 0.25) is 0 Å². The molecule has 0 aromatic heterocycles. The lowest BCUT2D eigenvalue weighted by Gasteiger charge is -2.09. The molecule has 0 unspecified atom stereocenters. The summed E-state index contributed by atoms with van der Waals surface area (Å²) in [7, 11) is 3.07. The quantitative estimate of drug-likeness (QED) is 0.539. The molecule has 4 nitrogen and oxygen atoms in total. The van der Waals surface area contributed by atoms with Crippen molar-refractivity contribution < 1.29 is 23.4 Å². The van der Waals surface area contributed by atoms with E-state index in [-0.39, 0.29) is 12.4 Å². The molecular formula is C18H16BrFO4. The molecule has 0 heterocycles. The second-order valence-corrected chi connectivity index (χ2v) is 5.61. The first kappa shape index (κ1) is 18.0. The first-order valence-corrected chi connectivity index (χ1v) is 7.84. The lowest BCUT2D eigenvalue weighted by Crippen LogP contribution is -2.01. The molecule has 0 aliphatic carbocycles. The number of hydrogen-bond donors (Lipinski definition) is 0. The van der Waals surface area contributed by atoms with Gasteiger partial charge in [0.1, 0.15) is 12.4 Å². The normalized spacial score (nSPS) is 10.7. The van der Waals surface area contributed by atoms with E-state index in [0.29, 0.717) is 27.1 Å². The summed E-state index contributed by atoms with van der Waals surface area (Å²) in [6.45, 7) is 0.0410. The Kier molecular flexibility index (Phi) is 6.37. The maximum Gasteiger partial charge on any atom is 0.331 e. The highest BCUT2D eigenvalue weighted by Gasteiger charge is 2.08. The van der Waals surface area contributed by atoms with E-state index in [2.05, 4.69) is 15.9 Å². The maximum absolute atomic E-state index is 13.0. The monoisotopic (exact) mass is 394 g/mol. The van der Waals surface area contributed by atoms with Crippen LogP contribution in [0.15, 0.2) is 46.9 Å². The van der Waals surface area contributed by atoms with Crippen molar-refractivity contribution in [1.82, 2.24) is 0 Å². The zero-order valence-corrected chi connectivity index (χ0v) is 14.8. The molecular weight excluding hydrogens is 379 g/mol. The van der Waals surface area contributed by atoms with Crippen LogP contribution < -0.4 is 9.47 Å². The molecule has 0 spiro atoms. The van der Waals surface area contributed by atoms with Gasteiger partial charge in [-0.1, -0.05) is 34.1 Å². The third-order valence-electron chi connectivity index (χ3n) is 3.22. The molecule has 0 amide bonds. The Labute approximate surface area is 148 Å². The van der Waals surface area contributed by atoms with Gasteiger partial charge in [-0.05, 0) is 24.3 Å². The van der Waals surface area contributed by atoms with Gasteiger partial charge in [-0.25, -0.2) is 9.18 Å². The Morgan fingerprint density at radius 2 is 2.00 bits per heavy atom. The zero-order valence-electron chi connectivity index (χ0n) is 13.2. The Balaban J connectivity index is 2.03. The zero-order chi connectivity index (χ0) is 17.5. The van der Waals surface area contributed by atoms with E-state index in [4.69, 9.17) is 14.2 Å². The van der Waals surface area contributed by atoms with E-state index in [9.17, 15) is 9.18 Å². The van der Waals surface area contributed by atoms with Gasteiger partial charge in [0, 0.05) is 21.7 Å². The van der Waals surface area contributed by atoms with Crippen molar-refractivity contribution >= 4 is 28.0 Å². The third-order valence-corrected chi connectivity index (χ3v) is 3.96. The average molecular weight is 395 g/mol. The Hall–Kier alpha value is -2.34. The van der Waals surface area contributed by atoms with Crippen LogP contribution in [-0.2, 0) is 16.1 Å². The van der Waals surface area contributed by atoms with Gasteiger partial charge < -0.3 is 14.2 Å². The van der Waals surface area contributed by atoms with E-state index >= 15 is 0 Å². The summed E-state index contributed by atoms with van der Waals surface area (Å²) in [4.78, 5) is 11.9. The van der Waals surface area contributed by atoms with Crippen LogP contribution in [0.3, 0.4) is 0 Å². The van der Waals surface area contributed by atoms with Crippen molar-refractivity contribution in [2.45, 2.75) is 6.61 Å². The fourth-order valence-electron chi connectivity index (χ4n) is 2.04. The van der Waals surface area contributed by atoms with Crippen molar-refractivity contribution in [3.63, 3.8) is 0 Å². The predicted molar refractivity (Wildman–Crippen MR) is 92.5 cm³/mol. The van der Waals surface area contributed by atoms with Crippen LogP contribution >= 0.6 is 15.9 Å². The van der Waals surface area contributed by atoms with Crippen molar-refractivity contribution in [2.24, 2.45) is 0 Å². The summed E-state index contributed by atoms with van der Waals surface area (Å²) in [5.74, 6) is 0.228. The van der Waals surface area contributed by atoms with Gasteiger partial charge in [-0.3, -0.25) is 0 Å². The highest BCUT2D eigenvalue weighted by molar-refractivity contribution is 9.10. The molecule has 0 N–H and O–H groups in total. The van der Waals surface area contributed by atoms with Crippen molar-refractivity contribution in [1.29, 1.82) is 0 Å². The van der Waals surface area contributed by atoms with Crippen LogP contribution in [0.1, 0.15) is 11.1 Å². The van der Waals surface area contributed by atoms with Crippen LogP contribution in [-0.4, -0.2) is 20.2 Å². The van der Waals surface area contributed by atoms with Crippen molar-refractivity contribution in [3.8, 4) is 11.5 Å². The fourth-order valence-corrected chi connectivity index (χ4v) is 2.50. The van der Waals surface area contributed by atoms with Crippen LogP contribution in [0.4, 0.5) is 4.39 Å². The molecule has 0 radical (unpaired) electrons. The second-order valence-electron chi connectivity index (χ2n) is 4.76. The number of methoxy groups -OCH3 is 2. The molecule has 0 fully saturated rings. The second kappa shape index (κ2) is 8.49. The van der Waals surface area contributed by atoms with E-state index < -0.39 is 5.97 Å². The summed E-state index contributed by atoms with van der Waals surface area (Å²) >= 11 is 3.23. The van der Waals surface area contributed by atoms with Gasteiger partial charge >= 0.3 is 5.97 Å². The summed E-state index contributed by atoms with van der Waals surface area (Å²) in [6.07, 6.45) is 2.89. The number of para-hydroxylation sites is 1. The molecule has 0 aliphatic rings. The highest BCUT2D eigenvalue weighted by atomic mass is 79.9. The molecule has 2 aromatic rings. The summed E-state index contributed by atoms with van der Waals surface area (Å²) in [5, 5.41) is 0. The van der Waals surface area contributed by atoms with Gasteiger partial charge in [0.05, 0.1) is 14.2 Å². The van der Waals surface area contributed by atoms with Gasteiger partial charge in [0.15, 0.2) is 11.5 Å². The lowest BCUT2D eigenvalue weighted by molar-refractivity contribution is -0.138. The van der Waals surface area contributed by atoms with Gasteiger partial charge in [0.25, 0.3) is 0 Å². The van der Waals surface area contributed by atoms with Gasteiger partial charge in [-0.15, -0.1) is 0 Å². The van der Waals surface area contributed by atoms with E-state index in [1.165, 1.54) is 25.3 Å². The highest BCUT2D eigenvalue weighted by Crippen LogP contribution is 2.31. The van der Waals surface area contributed by atoms with Crippen molar-refractivity contribution in [2.75, 3.05) is 14.2 Å². The number of esters is 1. The Morgan fingerprint density at radius 3 is 2.67 bits per heavy atom. The predicted octanol–water partition coefficient (Wildman–Crippen LogP) is 4.36. The molecule has 0 atom stereocenters. The number of hydrogen-bond acceptors (Lipinski definition) is 4. The molecule has 0 bridgehead atoms. The van der Waals surface area contributed by atoms with E-state index in [0.717, 1.165) is 0 Å². The number of carbonyl (C=O) groups is 1. The minimum Gasteiger partial charge on any atom is -0.493 e. The largest absolute Gasteiger partial charge is 0.493 e. The first-order valence-electron chi connectivity index (χ1n) is 7.05. The number of rotatable bonds is 6. The van der Waals surface area contributed by atoms with E-state index in [1.807, 2.05) is 0 Å². The molecule has 0 aliphatic heterocycles. The number of halogens is 2. The van der Waals surface area contributed by atoms with E-state index in [1.54, 1.807) is 37.5 Å². The van der Waals surface area contributed by atoms with Crippen LogP contribution in [0.25, 0.3) is 6.08 Å². The molecule has 2 rings (SSSR count).